The minimum Gasteiger partial charge on any atom is -0.478 e. The van der Waals surface area contributed by atoms with Gasteiger partial charge in [-0.05, 0) is 5.56 Å². The van der Waals surface area contributed by atoms with Gasteiger partial charge in [0.05, 0.1) is 0 Å². The molecule has 1 N–H and O–H groups in total. The van der Waals surface area contributed by atoms with E-state index in [1.54, 1.807) is 0 Å². The summed E-state index contributed by atoms with van der Waals surface area (Å²) in [6.45, 7) is 0. The van der Waals surface area contributed by atoms with Gasteiger partial charge in [0.1, 0.15) is 17.1 Å². The van der Waals surface area contributed by atoms with Crippen molar-refractivity contribution in [2.45, 2.75) is 0 Å². The number of carbonyl (C=O) groups is 1. The average molecular weight is 340 g/mol. The van der Waals surface area contributed by atoms with Crippen LogP contribution in [0.5, 0.6) is 0 Å². The Balaban J connectivity index is 2.07. The van der Waals surface area contributed by atoms with E-state index in [-0.39, 0.29) is 5.56 Å². The van der Waals surface area contributed by atoms with Gasteiger partial charge >= 0.3 is 5.97 Å². The molecule has 0 amide bonds. The summed E-state index contributed by atoms with van der Waals surface area (Å²) in [6, 6.07) is 28.4. The topological polar surface area (TPSA) is 50.4 Å². The molecule has 0 spiro atoms. The van der Waals surface area contributed by atoms with Gasteiger partial charge in [0, 0.05) is 16.7 Å². The molecule has 4 aromatic rings. The fourth-order valence-corrected chi connectivity index (χ4v) is 3.10. The Kier molecular flexibility index (Phi) is 4.12. The summed E-state index contributed by atoms with van der Waals surface area (Å²) in [5.41, 5.74) is 3.18. The van der Waals surface area contributed by atoms with E-state index >= 15 is 0 Å². The fourth-order valence-electron chi connectivity index (χ4n) is 3.10. The van der Waals surface area contributed by atoms with E-state index < -0.39 is 5.97 Å². The number of aromatic carboxylic acids is 1. The summed E-state index contributed by atoms with van der Waals surface area (Å²) in [7, 11) is 0. The predicted octanol–water partition coefficient (Wildman–Crippen LogP) is 5.98. The van der Waals surface area contributed by atoms with E-state index in [1.165, 1.54) is 0 Å². The van der Waals surface area contributed by atoms with E-state index in [1.807, 2.05) is 91.0 Å². The lowest BCUT2D eigenvalue weighted by atomic mass is 9.96. The van der Waals surface area contributed by atoms with Gasteiger partial charge in [0.2, 0.25) is 0 Å². The number of hydrogen-bond donors (Lipinski definition) is 1. The minimum absolute atomic E-state index is 0.182. The van der Waals surface area contributed by atoms with E-state index in [0.717, 1.165) is 16.7 Å². The number of benzene rings is 3. The van der Waals surface area contributed by atoms with Gasteiger partial charge in [-0.25, -0.2) is 4.79 Å². The Labute approximate surface area is 151 Å². The zero-order chi connectivity index (χ0) is 17.9. The van der Waals surface area contributed by atoms with Crippen LogP contribution >= 0.6 is 0 Å². The van der Waals surface area contributed by atoms with Crippen LogP contribution in [0.2, 0.25) is 0 Å². The van der Waals surface area contributed by atoms with Crippen LogP contribution < -0.4 is 0 Å². The van der Waals surface area contributed by atoms with Gasteiger partial charge in [0.15, 0.2) is 0 Å². The monoisotopic (exact) mass is 340 g/mol. The molecule has 0 saturated carbocycles. The third-order valence-corrected chi connectivity index (χ3v) is 4.26. The lowest BCUT2D eigenvalue weighted by Gasteiger charge is -2.04. The van der Waals surface area contributed by atoms with Crippen molar-refractivity contribution in [1.29, 1.82) is 0 Å². The van der Waals surface area contributed by atoms with Gasteiger partial charge in [-0.3, -0.25) is 0 Å². The molecule has 0 aliphatic rings. The SMILES string of the molecule is O=C(O)c1c(-c2ccccc2)oc(-c2ccccc2)c1-c1ccccc1. The van der Waals surface area contributed by atoms with Crippen molar-refractivity contribution in [3.05, 3.63) is 96.6 Å². The highest BCUT2D eigenvalue weighted by Crippen LogP contribution is 2.43. The maximum atomic E-state index is 12.2. The molecule has 0 aliphatic heterocycles. The van der Waals surface area contributed by atoms with Crippen LogP contribution in [-0.2, 0) is 0 Å². The first kappa shape index (κ1) is 15.9. The van der Waals surface area contributed by atoms with Crippen LogP contribution in [0.15, 0.2) is 95.4 Å². The zero-order valence-corrected chi connectivity index (χ0v) is 13.9. The molecule has 26 heavy (non-hydrogen) atoms. The van der Waals surface area contributed by atoms with Crippen LogP contribution in [-0.4, -0.2) is 11.1 Å². The van der Waals surface area contributed by atoms with Gasteiger partial charge in [0.25, 0.3) is 0 Å². The Bertz CT molecular complexity index is 1030. The summed E-state index contributed by atoms with van der Waals surface area (Å²) in [5, 5.41) is 9.97. The molecule has 0 atom stereocenters. The van der Waals surface area contributed by atoms with E-state index in [4.69, 9.17) is 4.42 Å². The van der Waals surface area contributed by atoms with Gasteiger partial charge in [-0.15, -0.1) is 0 Å². The normalized spacial score (nSPS) is 10.6. The van der Waals surface area contributed by atoms with Crippen molar-refractivity contribution < 1.29 is 14.3 Å². The summed E-state index contributed by atoms with van der Waals surface area (Å²) >= 11 is 0. The molecule has 126 valence electrons. The highest BCUT2D eigenvalue weighted by atomic mass is 16.4. The Morgan fingerprint density at radius 3 is 1.50 bits per heavy atom. The summed E-state index contributed by atoms with van der Waals surface area (Å²) in [6.07, 6.45) is 0. The van der Waals surface area contributed by atoms with Crippen LogP contribution in [0.1, 0.15) is 10.4 Å². The first-order valence-electron chi connectivity index (χ1n) is 8.32. The maximum absolute atomic E-state index is 12.2. The summed E-state index contributed by atoms with van der Waals surface area (Å²) in [5.74, 6) is -0.0718. The standard InChI is InChI=1S/C23H16O3/c24-23(25)20-19(16-10-4-1-5-11-16)21(17-12-6-2-7-13-17)26-22(20)18-14-8-3-9-15-18/h1-15H,(H,24,25). The van der Waals surface area contributed by atoms with Gasteiger partial charge < -0.3 is 9.52 Å². The number of carboxylic acid groups (broad SMARTS) is 1. The van der Waals surface area contributed by atoms with E-state index in [9.17, 15) is 9.90 Å². The van der Waals surface area contributed by atoms with Crippen molar-refractivity contribution in [2.24, 2.45) is 0 Å². The smallest absolute Gasteiger partial charge is 0.340 e. The van der Waals surface area contributed by atoms with Crippen molar-refractivity contribution >= 4 is 5.97 Å². The first-order chi connectivity index (χ1) is 12.8. The molecule has 0 saturated heterocycles. The molecule has 3 heteroatoms. The molecule has 0 radical (unpaired) electrons. The molecule has 0 aliphatic carbocycles. The number of furan rings is 1. The van der Waals surface area contributed by atoms with Crippen LogP contribution in [0.3, 0.4) is 0 Å². The van der Waals surface area contributed by atoms with Crippen molar-refractivity contribution in [2.75, 3.05) is 0 Å². The number of carboxylic acids is 1. The third-order valence-electron chi connectivity index (χ3n) is 4.26. The molecule has 1 heterocycles. The predicted molar refractivity (Wildman–Crippen MR) is 102 cm³/mol. The van der Waals surface area contributed by atoms with E-state index in [0.29, 0.717) is 17.1 Å². The second-order valence-electron chi connectivity index (χ2n) is 5.91. The Hall–Kier alpha value is -3.59. The van der Waals surface area contributed by atoms with Gasteiger partial charge in [-0.2, -0.15) is 0 Å². The van der Waals surface area contributed by atoms with E-state index in [2.05, 4.69) is 0 Å². The van der Waals surface area contributed by atoms with Crippen molar-refractivity contribution in [3.63, 3.8) is 0 Å². The lowest BCUT2D eigenvalue weighted by molar-refractivity contribution is 0.0698. The van der Waals surface area contributed by atoms with Crippen LogP contribution in [0.4, 0.5) is 0 Å². The molecule has 0 unspecified atom stereocenters. The fraction of sp³-hybridized carbons (Fsp3) is 0. The summed E-state index contributed by atoms with van der Waals surface area (Å²) < 4.78 is 6.15. The molecule has 3 aromatic carbocycles. The van der Waals surface area contributed by atoms with Crippen LogP contribution in [0, 0.1) is 0 Å². The molecular weight excluding hydrogens is 324 g/mol. The maximum Gasteiger partial charge on any atom is 0.340 e. The second-order valence-corrected chi connectivity index (χ2v) is 5.91. The average Bonchev–Trinajstić information content (AvgIpc) is 3.11. The lowest BCUT2D eigenvalue weighted by Crippen LogP contribution is -1.99. The highest BCUT2D eigenvalue weighted by molar-refractivity contribution is 6.05. The molecule has 0 fully saturated rings. The zero-order valence-electron chi connectivity index (χ0n) is 13.9. The quantitative estimate of drug-likeness (QED) is 0.497. The number of hydrogen-bond acceptors (Lipinski definition) is 2. The number of rotatable bonds is 4. The highest BCUT2D eigenvalue weighted by Gasteiger charge is 2.27. The minimum atomic E-state index is -1.01. The molecule has 4 rings (SSSR count). The Morgan fingerprint density at radius 1 is 0.615 bits per heavy atom. The molecule has 1 aromatic heterocycles. The van der Waals surface area contributed by atoms with Crippen LogP contribution in [0.25, 0.3) is 33.8 Å². The largest absolute Gasteiger partial charge is 0.478 e. The molecule has 0 bridgehead atoms. The van der Waals surface area contributed by atoms with Crippen molar-refractivity contribution in [3.8, 4) is 33.8 Å². The van der Waals surface area contributed by atoms with Crippen molar-refractivity contribution in [1.82, 2.24) is 0 Å². The first-order valence-corrected chi connectivity index (χ1v) is 8.32. The third kappa shape index (κ3) is 2.80. The molecule has 3 nitrogen and oxygen atoms in total. The Morgan fingerprint density at radius 2 is 1.04 bits per heavy atom. The van der Waals surface area contributed by atoms with Gasteiger partial charge in [-0.1, -0.05) is 91.0 Å². The summed E-state index contributed by atoms with van der Waals surface area (Å²) in [4.78, 5) is 12.2. The second kappa shape index (κ2) is 6.73. The molecular formula is C23H16O3.